The van der Waals surface area contributed by atoms with Crippen molar-refractivity contribution in [2.24, 2.45) is 0 Å². The number of hydrogen-bond donors (Lipinski definition) is 0. The molecular formula is C35H45N2Rh11-. The first-order valence-electron chi connectivity index (χ1n) is 14.2. The van der Waals surface area contributed by atoms with E-state index >= 15 is 0 Å². The first kappa shape index (κ1) is 76.1. The predicted octanol–water partition coefficient (Wildman–Crippen LogP) is 10.9. The minimum absolute atomic E-state index is 0. The molecule has 6 rings (SSSR count). The van der Waals surface area contributed by atoms with Crippen LogP contribution in [0.4, 0.5) is 0 Å². The molecule has 11 radical (unpaired) electrons. The molecule has 48 heavy (non-hydrogen) atoms. The fourth-order valence-corrected chi connectivity index (χ4v) is 4.72. The number of hydrogen-bond acceptors (Lipinski definition) is 0. The van der Waals surface area contributed by atoms with Gasteiger partial charge >= 0.3 is 0 Å². The van der Waals surface area contributed by atoms with E-state index in [1.807, 2.05) is 55.4 Å². The van der Waals surface area contributed by atoms with E-state index in [9.17, 15) is 0 Å². The summed E-state index contributed by atoms with van der Waals surface area (Å²) in [6.45, 7) is 17.8. The van der Waals surface area contributed by atoms with Gasteiger partial charge in [-0.3, -0.25) is 6.42 Å². The Kier molecular flexibility index (Phi) is 70.9. The number of para-hydroxylation sites is 4. The fraction of sp³-hybridized carbons (Fsp3) is 0.286. The summed E-state index contributed by atoms with van der Waals surface area (Å²) in [6.07, 6.45) is 2.39. The third-order valence-electron chi connectivity index (χ3n) is 5.98. The molecule has 0 unspecified atom stereocenters. The molecule has 13 heteroatoms. The standard InChI is InChI=1S/C27H21N2.4C2H6.11Rh/c1-5-14-24-20(10-1)21-11-2-6-15-25(21)28(24)18-9-19-29-26-16-7-3-12-22(26)23-13-4-8-17-27(23)29;4*1-2;;;;;;;;;;;/h1-17H,18-19H2;4*1-2H3;;;;;;;;;;;/q-1;;;;;;;;;;;;;;;. The van der Waals surface area contributed by atoms with Crippen LogP contribution in [0.3, 0.4) is 0 Å². The molecule has 0 aliphatic heterocycles. The van der Waals surface area contributed by atoms with Crippen LogP contribution in [-0.4, -0.2) is 9.13 Å². The zero-order valence-corrected chi connectivity index (χ0v) is 45.8. The van der Waals surface area contributed by atoms with E-state index in [0.29, 0.717) is 0 Å². The molecule has 2 nitrogen and oxygen atoms in total. The van der Waals surface area contributed by atoms with Gasteiger partial charge in [-0.15, -0.1) is 0 Å². The Morgan fingerprint density at radius 1 is 0.312 bits per heavy atom. The number of nitrogens with zero attached hydrogens (tertiary/aromatic N) is 2. The molecule has 6 aromatic rings. The minimum Gasteiger partial charge on any atom is -0.371 e. The van der Waals surface area contributed by atoms with E-state index in [-0.39, 0.29) is 214 Å². The molecule has 0 bridgehead atoms. The van der Waals surface area contributed by atoms with Gasteiger partial charge in [0.15, 0.2) is 0 Å². The van der Waals surface area contributed by atoms with E-state index in [1.54, 1.807) is 0 Å². The first-order chi connectivity index (χ1) is 18.4. The van der Waals surface area contributed by atoms with Crippen LogP contribution in [0.25, 0.3) is 43.6 Å². The second-order valence-electron chi connectivity index (χ2n) is 7.58. The van der Waals surface area contributed by atoms with Crippen molar-refractivity contribution >= 4 is 43.6 Å². The van der Waals surface area contributed by atoms with Crippen LogP contribution in [-0.2, 0) is 227 Å². The maximum atomic E-state index is 2.43. The normalized spacial score (nSPS) is 7.67. The van der Waals surface area contributed by atoms with Crippen LogP contribution >= 0.6 is 0 Å². The summed E-state index contributed by atoms with van der Waals surface area (Å²) < 4.78 is 4.86. The maximum absolute atomic E-state index is 2.43. The number of fused-ring (bicyclic) bond motifs is 6. The molecule has 0 spiro atoms. The topological polar surface area (TPSA) is 9.86 Å². The second-order valence-corrected chi connectivity index (χ2v) is 7.58. The van der Waals surface area contributed by atoms with E-state index in [2.05, 4.69) is 113 Å². The first-order valence-corrected chi connectivity index (χ1v) is 14.2. The van der Waals surface area contributed by atoms with Crippen molar-refractivity contribution in [1.82, 2.24) is 9.13 Å². The molecule has 0 atom stereocenters. The Morgan fingerprint density at radius 3 is 0.667 bits per heavy atom. The summed E-state index contributed by atoms with van der Waals surface area (Å²) >= 11 is 0. The van der Waals surface area contributed by atoms with Crippen LogP contribution in [0.2, 0.25) is 0 Å². The zero-order chi connectivity index (χ0) is 27.2. The Labute approximate surface area is 432 Å². The van der Waals surface area contributed by atoms with Gasteiger partial charge in [-0.1, -0.05) is 141 Å². The largest absolute Gasteiger partial charge is 0.371 e. The average molecular weight is 1630 g/mol. The van der Waals surface area contributed by atoms with Gasteiger partial charge in [0, 0.05) is 258 Å². The molecule has 0 saturated heterocycles. The summed E-state index contributed by atoms with van der Waals surface area (Å²) in [7, 11) is 0. The average Bonchev–Trinajstić information content (AvgIpc) is 3.50. The summed E-state index contributed by atoms with van der Waals surface area (Å²) in [5.41, 5.74) is 5.19. The van der Waals surface area contributed by atoms with Crippen LogP contribution in [0.1, 0.15) is 55.4 Å². The Morgan fingerprint density at radius 2 is 0.479 bits per heavy atom. The summed E-state index contributed by atoms with van der Waals surface area (Å²) in [4.78, 5) is 0. The van der Waals surface area contributed by atoms with Crippen molar-refractivity contribution < 1.29 is 214 Å². The van der Waals surface area contributed by atoms with Gasteiger partial charge in [0.2, 0.25) is 0 Å². The van der Waals surface area contributed by atoms with Gasteiger partial charge in [-0.2, -0.15) is 0 Å². The number of benzene rings is 4. The quantitative estimate of drug-likeness (QED) is 0.123. The molecule has 0 aliphatic rings. The SMILES string of the molecule is CC.CC.CC.CC.[Rh].[Rh].[Rh].[Rh].[Rh].[Rh].[Rh].[Rh].[Rh].[Rh].[Rh].c1ccc2c(c1)c1ccccc1n2C[CH-]Cn1c2ccccc2c2ccccc21. The van der Waals surface area contributed by atoms with Gasteiger partial charge in [0.1, 0.15) is 0 Å². The third-order valence-corrected chi connectivity index (χ3v) is 5.98. The predicted molar refractivity (Wildman–Crippen MR) is 169 cm³/mol. The molecule has 0 saturated carbocycles. The van der Waals surface area contributed by atoms with Crippen molar-refractivity contribution in [2.75, 3.05) is 0 Å². The zero-order valence-electron chi connectivity index (χ0n) is 27.8. The van der Waals surface area contributed by atoms with Crippen LogP contribution < -0.4 is 0 Å². The van der Waals surface area contributed by atoms with E-state index in [4.69, 9.17) is 0 Å². The molecular weight excluding hydrogens is 1580 g/mol. The van der Waals surface area contributed by atoms with Crippen molar-refractivity contribution in [2.45, 2.75) is 68.5 Å². The van der Waals surface area contributed by atoms with Crippen molar-refractivity contribution in [3.05, 3.63) is 103 Å². The molecule has 2 heterocycles. The smallest absolute Gasteiger partial charge is 0.0466 e. The van der Waals surface area contributed by atoms with Crippen molar-refractivity contribution in [1.29, 1.82) is 0 Å². The molecule has 0 fully saturated rings. The molecule has 0 N–H and O–H groups in total. The van der Waals surface area contributed by atoms with Crippen LogP contribution in [0.5, 0.6) is 0 Å². The molecule has 4 aromatic carbocycles. The number of aromatic nitrogens is 2. The minimum atomic E-state index is 0. The van der Waals surface area contributed by atoms with Gasteiger partial charge in [-0.05, 0) is 24.3 Å². The summed E-state index contributed by atoms with van der Waals surface area (Å²) in [6, 6.07) is 34.8. The molecule has 0 aliphatic carbocycles. The van der Waals surface area contributed by atoms with Gasteiger partial charge < -0.3 is 9.13 Å². The Hall–Kier alpha value is 3.34. The third kappa shape index (κ3) is 19.3. The molecule has 295 valence electrons. The summed E-state index contributed by atoms with van der Waals surface area (Å²) in [5, 5.41) is 5.31. The second kappa shape index (κ2) is 44.7. The Bertz CT molecular complexity index is 1300. The molecule has 2 aromatic heterocycles. The van der Waals surface area contributed by atoms with Gasteiger partial charge in [-0.25, -0.2) is 0 Å². The van der Waals surface area contributed by atoms with Crippen LogP contribution in [0.15, 0.2) is 97.1 Å². The maximum Gasteiger partial charge on any atom is 0.0466 e. The van der Waals surface area contributed by atoms with Gasteiger partial charge in [0.25, 0.3) is 0 Å². The van der Waals surface area contributed by atoms with Gasteiger partial charge in [0.05, 0.1) is 0 Å². The van der Waals surface area contributed by atoms with Crippen LogP contribution in [0, 0.1) is 6.42 Å². The van der Waals surface area contributed by atoms with E-state index in [1.165, 1.54) is 43.6 Å². The van der Waals surface area contributed by atoms with Crippen molar-refractivity contribution in [3.8, 4) is 0 Å². The fourth-order valence-electron chi connectivity index (χ4n) is 4.72. The summed E-state index contributed by atoms with van der Waals surface area (Å²) in [5.74, 6) is 0. The number of rotatable bonds is 4. The molecule has 0 amide bonds. The van der Waals surface area contributed by atoms with Crippen molar-refractivity contribution in [3.63, 3.8) is 0 Å². The monoisotopic (exact) mass is 1630 g/mol. The van der Waals surface area contributed by atoms with E-state index in [0.717, 1.165) is 13.1 Å². The Balaban J connectivity index is -0.0000000891. The van der Waals surface area contributed by atoms with E-state index < -0.39 is 0 Å².